The van der Waals surface area contributed by atoms with Gasteiger partial charge in [-0.25, -0.2) is 0 Å². The van der Waals surface area contributed by atoms with Gasteiger partial charge in [-0.1, -0.05) is 66.7 Å². The number of benzene rings is 4. The molecule has 5 aromatic rings. The standard InChI is InChI=1S/C41H43N2O4/c1-3-32-26-43(19-17-33(32)22-40(43)41(44)37-16-18-42-39-15-14-34(45-2)24-38(37)39)25-31-20-35(46-27-29-10-6-4-7-11-29)23-36(21-31)47-28-30-12-8-5-9-13-30/h3-16,18,20-21,23-24,32-33,40-41,44H,1,17,19,22,25-28H2,2H3/q+1/t32-,33+,40-,41+,43-/m0/s1. The average molecular weight is 628 g/mol. The number of aliphatic hydroxyl groups excluding tert-OH is 1. The van der Waals surface area contributed by atoms with E-state index in [-0.39, 0.29) is 6.04 Å². The van der Waals surface area contributed by atoms with E-state index in [0.717, 1.165) is 87.4 Å². The topological polar surface area (TPSA) is 60.8 Å². The minimum atomic E-state index is -0.660. The molecule has 8 rings (SSSR count). The van der Waals surface area contributed by atoms with Gasteiger partial charge in [-0.15, -0.1) is 6.58 Å². The van der Waals surface area contributed by atoms with Crippen LogP contribution >= 0.6 is 0 Å². The summed E-state index contributed by atoms with van der Waals surface area (Å²) in [7, 11) is 1.67. The Labute approximate surface area is 277 Å². The molecular formula is C41H43N2O4+. The number of hydrogen-bond acceptors (Lipinski definition) is 5. The zero-order valence-electron chi connectivity index (χ0n) is 27.0. The third-order valence-corrected chi connectivity index (χ3v) is 10.3. The van der Waals surface area contributed by atoms with Crippen molar-refractivity contribution >= 4 is 10.9 Å². The average Bonchev–Trinajstić information content (AvgIpc) is 3.13. The Bertz CT molecular complexity index is 1770. The van der Waals surface area contributed by atoms with Crippen LogP contribution in [0.3, 0.4) is 0 Å². The maximum atomic E-state index is 12.3. The van der Waals surface area contributed by atoms with Crippen molar-refractivity contribution in [3.8, 4) is 17.2 Å². The number of rotatable bonds is 12. The van der Waals surface area contributed by atoms with Gasteiger partial charge in [-0.05, 0) is 59.0 Å². The molecule has 0 amide bonds. The van der Waals surface area contributed by atoms with Crippen LogP contribution in [0.5, 0.6) is 17.2 Å². The normalized spacial score (nSPS) is 22.5. The quantitative estimate of drug-likeness (QED) is 0.112. The van der Waals surface area contributed by atoms with Crippen molar-refractivity contribution in [3.05, 3.63) is 144 Å². The Morgan fingerprint density at radius 3 is 2.17 bits per heavy atom. The number of fused-ring (bicyclic) bond motifs is 4. The van der Waals surface area contributed by atoms with Gasteiger partial charge in [-0.2, -0.15) is 0 Å². The van der Waals surface area contributed by atoms with E-state index >= 15 is 0 Å². The molecule has 0 aliphatic carbocycles. The first kappa shape index (κ1) is 31.0. The predicted octanol–water partition coefficient (Wildman–Crippen LogP) is 8.05. The van der Waals surface area contributed by atoms with E-state index in [1.54, 1.807) is 7.11 Å². The number of aromatic nitrogens is 1. The lowest BCUT2D eigenvalue weighted by molar-refractivity contribution is -0.984. The molecular weight excluding hydrogens is 584 g/mol. The smallest absolute Gasteiger partial charge is 0.131 e. The summed E-state index contributed by atoms with van der Waals surface area (Å²) in [6.07, 6.45) is 5.34. The molecule has 0 saturated carbocycles. The summed E-state index contributed by atoms with van der Waals surface area (Å²) in [5, 5.41) is 13.2. The van der Waals surface area contributed by atoms with E-state index in [1.807, 2.05) is 72.9 Å². The van der Waals surface area contributed by atoms with Crippen molar-refractivity contribution in [1.82, 2.24) is 4.98 Å². The molecule has 6 nitrogen and oxygen atoms in total. The summed E-state index contributed by atoms with van der Waals surface area (Å²) in [5.74, 6) is 3.25. The first-order chi connectivity index (χ1) is 23.0. The summed E-state index contributed by atoms with van der Waals surface area (Å²) < 4.78 is 19.1. The van der Waals surface area contributed by atoms with Crippen molar-refractivity contribution in [2.24, 2.45) is 11.8 Å². The summed E-state index contributed by atoms with van der Waals surface area (Å²) in [4.78, 5) is 4.59. The minimum absolute atomic E-state index is 0.0179. The summed E-state index contributed by atoms with van der Waals surface area (Å²) >= 11 is 0. The van der Waals surface area contributed by atoms with Gasteiger partial charge >= 0.3 is 0 Å². The molecule has 6 heteroatoms. The molecule has 3 fully saturated rings. The van der Waals surface area contributed by atoms with Crippen LogP contribution in [-0.4, -0.2) is 40.8 Å². The third-order valence-electron chi connectivity index (χ3n) is 10.3. The summed E-state index contributed by atoms with van der Waals surface area (Å²) in [6, 6.07) is 34.6. The monoisotopic (exact) mass is 627 g/mol. The van der Waals surface area contributed by atoms with Gasteiger partial charge in [-0.3, -0.25) is 4.98 Å². The third kappa shape index (κ3) is 6.62. The number of quaternary nitrogens is 1. The second-order valence-corrected chi connectivity index (χ2v) is 13.1. The van der Waals surface area contributed by atoms with Crippen molar-refractivity contribution in [3.63, 3.8) is 0 Å². The summed E-state index contributed by atoms with van der Waals surface area (Å²) in [5.41, 5.74) is 5.13. The molecule has 0 unspecified atom stereocenters. The minimum Gasteiger partial charge on any atom is -0.497 e. The van der Waals surface area contributed by atoms with Crippen molar-refractivity contribution in [2.45, 2.75) is 44.7 Å². The number of piperidine rings is 3. The first-order valence-corrected chi connectivity index (χ1v) is 16.6. The fourth-order valence-electron chi connectivity index (χ4n) is 7.85. The van der Waals surface area contributed by atoms with Gasteiger partial charge in [0.1, 0.15) is 49.2 Å². The van der Waals surface area contributed by atoms with Crippen LogP contribution in [-0.2, 0) is 19.8 Å². The van der Waals surface area contributed by atoms with Crippen LogP contribution in [0.1, 0.15) is 41.2 Å². The van der Waals surface area contributed by atoms with Crippen LogP contribution in [0, 0.1) is 11.8 Å². The maximum absolute atomic E-state index is 12.3. The second kappa shape index (κ2) is 13.6. The first-order valence-electron chi connectivity index (χ1n) is 16.6. The molecule has 1 aromatic heterocycles. The Morgan fingerprint density at radius 1 is 0.851 bits per heavy atom. The zero-order chi connectivity index (χ0) is 32.2. The molecule has 0 spiro atoms. The lowest BCUT2D eigenvalue weighted by atomic mass is 9.71. The Balaban J connectivity index is 1.23. The van der Waals surface area contributed by atoms with Gasteiger partial charge in [0.05, 0.1) is 25.7 Å². The predicted molar refractivity (Wildman–Crippen MR) is 185 cm³/mol. The molecule has 47 heavy (non-hydrogen) atoms. The lowest BCUT2D eigenvalue weighted by Crippen LogP contribution is -2.67. The van der Waals surface area contributed by atoms with Gasteiger partial charge in [0.15, 0.2) is 0 Å². The molecule has 2 bridgehead atoms. The van der Waals surface area contributed by atoms with Crippen LogP contribution in [0.4, 0.5) is 0 Å². The summed E-state index contributed by atoms with van der Waals surface area (Å²) in [6.45, 7) is 7.88. The lowest BCUT2D eigenvalue weighted by Gasteiger charge is -2.58. The molecule has 0 radical (unpaired) electrons. The van der Waals surface area contributed by atoms with Gasteiger partial charge < -0.3 is 23.8 Å². The largest absolute Gasteiger partial charge is 0.497 e. The van der Waals surface area contributed by atoms with Gasteiger partial charge in [0.25, 0.3) is 0 Å². The highest BCUT2D eigenvalue weighted by molar-refractivity contribution is 5.84. The van der Waals surface area contributed by atoms with E-state index in [0.29, 0.717) is 25.0 Å². The van der Waals surface area contributed by atoms with Gasteiger partial charge in [0.2, 0.25) is 0 Å². The van der Waals surface area contributed by atoms with Gasteiger partial charge in [0, 0.05) is 42.0 Å². The molecule has 3 aliphatic rings. The van der Waals surface area contributed by atoms with E-state index < -0.39 is 6.10 Å². The molecule has 3 saturated heterocycles. The second-order valence-electron chi connectivity index (χ2n) is 13.1. The molecule has 240 valence electrons. The number of pyridine rings is 1. The van der Waals surface area contributed by atoms with Crippen LogP contribution in [0.15, 0.2) is 122 Å². The zero-order valence-corrected chi connectivity index (χ0v) is 27.0. The van der Waals surface area contributed by atoms with Crippen LogP contribution in [0.25, 0.3) is 10.9 Å². The van der Waals surface area contributed by atoms with Crippen LogP contribution < -0.4 is 14.2 Å². The molecule has 3 aliphatic heterocycles. The number of methoxy groups -OCH3 is 1. The van der Waals surface area contributed by atoms with Crippen molar-refractivity contribution < 1.29 is 23.8 Å². The van der Waals surface area contributed by atoms with Crippen molar-refractivity contribution in [2.75, 3.05) is 20.2 Å². The fraction of sp³-hybridized carbons (Fsp3) is 0.293. The SMILES string of the molecule is C=C[C@H]1C[N@@+]2(Cc3cc(OCc4ccccc4)cc(OCc4ccccc4)c3)CC[C@@H]1C[C@H]2[C@H](O)c1ccnc2ccc(OC)cc12. The highest BCUT2D eigenvalue weighted by Gasteiger charge is 2.54. The number of nitrogens with zero attached hydrogens (tertiary/aromatic N) is 2. The van der Waals surface area contributed by atoms with Crippen LogP contribution in [0.2, 0.25) is 0 Å². The van der Waals surface area contributed by atoms with E-state index in [4.69, 9.17) is 14.2 Å². The van der Waals surface area contributed by atoms with E-state index in [1.165, 1.54) is 0 Å². The highest BCUT2D eigenvalue weighted by atomic mass is 16.5. The highest BCUT2D eigenvalue weighted by Crippen LogP contribution is 2.48. The molecule has 5 atom stereocenters. The fourth-order valence-corrected chi connectivity index (χ4v) is 7.85. The molecule has 1 N–H and O–H groups in total. The number of hydrogen-bond donors (Lipinski definition) is 1. The maximum Gasteiger partial charge on any atom is 0.131 e. The number of ether oxygens (including phenoxy) is 3. The Morgan fingerprint density at radius 2 is 1.53 bits per heavy atom. The Hall–Kier alpha value is -4.65. The number of aliphatic hydroxyl groups is 1. The van der Waals surface area contributed by atoms with E-state index in [9.17, 15) is 5.11 Å². The molecule has 4 aromatic carbocycles. The van der Waals surface area contributed by atoms with Crippen molar-refractivity contribution in [1.29, 1.82) is 0 Å². The Kier molecular flexibility index (Phi) is 8.96. The van der Waals surface area contributed by atoms with E-state index in [2.05, 4.69) is 54.0 Å². The molecule has 4 heterocycles.